The standard InChI is InChI=1S/C20H29ClO4S/c21-17-13-18(23)16(8-4-2-1-3-5-12-22)15(17)9-6-7-14-10-11-19(26-14)20(24)25/h4,8,10-11,15-18,22-23H,1-3,5-7,9,12-13H2,(H,24,25)/b8-4+/t15-,16-,17-,18-/m1/s1. The Balaban J connectivity index is 1.80. The second-order valence-electron chi connectivity index (χ2n) is 7.02. The minimum atomic E-state index is -0.870. The van der Waals surface area contributed by atoms with Crippen molar-refractivity contribution in [2.45, 2.75) is 62.8 Å². The number of hydrogen-bond donors (Lipinski definition) is 3. The van der Waals surface area contributed by atoms with E-state index >= 15 is 0 Å². The Morgan fingerprint density at radius 2 is 2.08 bits per heavy atom. The number of aryl methyl sites for hydroxylation is 1. The highest BCUT2D eigenvalue weighted by atomic mass is 35.5. The largest absolute Gasteiger partial charge is 0.477 e. The van der Waals surface area contributed by atoms with Gasteiger partial charge in [0.25, 0.3) is 0 Å². The van der Waals surface area contributed by atoms with Gasteiger partial charge >= 0.3 is 5.97 Å². The number of unbranched alkanes of at least 4 members (excludes halogenated alkanes) is 3. The first-order chi connectivity index (χ1) is 12.5. The molecule has 1 aromatic heterocycles. The van der Waals surface area contributed by atoms with Crippen LogP contribution in [0.4, 0.5) is 0 Å². The van der Waals surface area contributed by atoms with Crippen LogP contribution in [0.15, 0.2) is 24.3 Å². The summed E-state index contributed by atoms with van der Waals surface area (Å²) in [4.78, 5) is 12.4. The van der Waals surface area contributed by atoms with Crippen LogP contribution in [-0.2, 0) is 6.42 Å². The molecule has 1 fully saturated rings. The summed E-state index contributed by atoms with van der Waals surface area (Å²) in [6.07, 6.45) is 11.2. The lowest BCUT2D eigenvalue weighted by molar-refractivity contribution is 0.0702. The smallest absolute Gasteiger partial charge is 0.345 e. The summed E-state index contributed by atoms with van der Waals surface area (Å²) in [5.41, 5.74) is 0. The van der Waals surface area contributed by atoms with Gasteiger partial charge in [-0.1, -0.05) is 18.6 Å². The number of aliphatic hydroxyl groups is 2. The topological polar surface area (TPSA) is 77.8 Å². The van der Waals surface area contributed by atoms with Gasteiger partial charge in [0, 0.05) is 22.8 Å². The third kappa shape index (κ3) is 6.38. The maximum Gasteiger partial charge on any atom is 0.345 e. The quantitative estimate of drug-likeness (QED) is 0.290. The molecule has 4 atom stereocenters. The third-order valence-corrected chi connectivity index (χ3v) is 6.73. The molecule has 0 aromatic carbocycles. The van der Waals surface area contributed by atoms with Gasteiger partial charge in [0.05, 0.1) is 6.10 Å². The first-order valence-electron chi connectivity index (χ1n) is 9.44. The number of hydrogen-bond acceptors (Lipinski definition) is 4. The van der Waals surface area contributed by atoms with E-state index in [9.17, 15) is 9.90 Å². The van der Waals surface area contributed by atoms with E-state index in [-0.39, 0.29) is 29.9 Å². The fraction of sp³-hybridized carbons (Fsp3) is 0.650. The SMILES string of the molecule is O=C(O)c1ccc(CCC[C@@H]2[C@@H](/C=C/CCCCCO)[C@H](O)C[C@H]2Cl)s1. The normalized spacial score (nSPS) is 26.0. The lowest BCUT2D eigenvalue weighted by atomic mass is 9.89. The molecule has 0 radical (unpaired) electrons. The summed E-state index contributed by atoms with van der Waals surface area (Å²) in [6.45, 7) is 0.249. The van der Waals surface area contributed by atoms with Crippen LogP contribution in [-0.4, -0.2) is 39.4 Å². The van der Waals surface area contributed by atoms with Gasteiger partial charge in [-0.05, 0) is 63.0 Å². The van der Waals surface area contributed by atoms with Gasteiger partial charge in [0.15, 0.2) is 0 Å². The van der Waals surface area contributed by atoms with Crippen molar-refractivity contribution in [3.05, 3.63) is 34.0 Å². The first kappa shape index (κ1) is 21.4. The second-order valence-corrected chi connectivity index (χ2v) is 8.75. The molecule has 6 heteroatoms. The van der Waals surface area contributed by atoms with Crippen molar-refractivity contribution >= 4 is 28.9 Å². The summed E-state index contributed by atoms with van der Waals surface area (Å²) in [7, 11) is 0. The molecule has 2 rings (SSSR count). The molecule has 0 bridgehead atoms. The predicted octanol–water partition coefficient (Wildman–Crippen LogP) is 4.48. The molecule has 0 saturated heterocycles. The number of thiophene rings is 1. The van der Waals surface area contributed by atoms with Crippen molar-refractivity contribution in [3.63, 3.8) is 0 Å². The average Bonchev–Trinajstić information content (AvgIpc) is 3.17. The van der Waals surface area contributed by atoms with Gasteiger partial charge < -0.3 is 15.3 Å². The average molecular weight is 401 g/mol. The molecule has 0 unspecified atom stereocenters. The van der Waals surface area contributed by atoms with Crippen molar-refractivity contribution in [2.75, 3.05) is 6.61 Å². The number of allylic oxidation sites excluding steroid dienone is 1. The summed E-state index contributed by atoms with van der Waals surface area (Å²) < 4.78 is 0. The van der Waals surface area contributed by atoms with Crippen LogP contribution < -0.4 is 0 Å². The maximum absolute atomic E-state index is 10.9. The summed E-state index contributed by atoms with van der Waals surface area (Å²) in [5, 5.41) is 28.1. The van der Waals surface area contributed by atoms with E-state index in [1.165, 1.54) is 11.3 Å². The minimum Gasteiger partial charge on any atom is -0.477 e. The van der Waals surface area contributed by atoms with Crippen molar-refractivity contribution in [1.29, 1.82) is 0 Å². The Bertz CT molecular complexity index is 586. The van der Waals surface area contributed by atoms with Gasteiger partial charge in [-0.15, -0.1) is 22.9 Å². The zero-order valence-corrected chi connectivity index (χ0v) is 16.6. The molecule has 1 heterocycles. The molecule has 146 valence electrons. The van der Waals surface area contributed by atoms with Crippen molar-refractivity contribution in [2.24, 2.45) is 11.8 Å². The Kier molecular flexibility index (Phi) is 9.12. The van der Waals surface area contributed by atoms with Gasteiger partial charge in [0.1, 0.15) is 4.88 Å². The molecule has 0 aliphatic heterocycles. The fourth-order valence-electron chi connectivity index (χ4n) is 3.68. The van der Waals surface area contributed by atoms with Crippen molar-refractivity contribution in [1.82, 2.24) is 0 Å². The molecule has 26 heavy (non-hydrogen) atoms. The predicted molar refractivity (Wildman–Crippen MR) is 106 cm³/mol. The molecular weight excluding hydrogens is 372 g/mol. The number of rotatable bonds is 11. The molecule has 1 aliphatic carbocycles. The lowest BCUT2D eigenvalue weighted by Crippen LogP contribution is -2.18. The van der Waals surface area contributed by atoms with Crippen LogP contribution in [0.3, 0.4) is 0 Å². The number of halogens is 1. The van der Waals surface area contributed by atoms with Gasteiger partial charge in [-0.2, -0.15) is 0 Å². The zero-order valence-electron chi connectivity index (χ0n) is 15.0. The Morgan fingerprint density at radius 3 is 2.77 bits per heavy atom. The van der Waals surface area contributed by atoms with Crippen LogP contribution in [0, 0.1) is 11.8 Å². The van der Waals surface area contributed by atoms with E-state index in [1.807, 2.05) is 6.07 Å². The number of carbonyl (C=O) groups is 1. The molecule has 1 aliphatic rings. The van der Waals surface area contributed by atoms with Crippen LogP contribution in [0.1, 0.15) is 59.5 Å². The van der Waals surface area contributed by atoms with Crippen LogP contribution >= 0.6 is 22.9 Å². The van der Waals surface area contributed by atoms with E-state index in [0.717, 1.165) is 49.8 Å². The van der Waals surface area contributed by atoms with Crippen LogP contribution in [0.25, 0.3) is 0 Å². The number of carboxylic acids is 1. The third-order valence-electron chi connectivity index (χ3n) is 5.09. The lowest BCUT2D eigenvalue weighted by Gasteiger charge is -2.20. The molecule has 1 saturated carbocycles. The highest BCUT2D eigenvalue weighted by Gasteiger charge is 2.39. The van der Waals surface area contributed by atoms with Gasteiger partial charge in [0.2, 0.25) is 0 Å². The van der Waals surface area contributed by atoms with Gasteiger partial charge in [-0.25, -0.2) is 4.79 Å². The molecule has 3 N–H and O–H groups in total. The van der Waals surface area contributed by atoms with E-state index in [1.54, 1.807) is 6.07 Å². The number of aliphatic hydroxyl groups excluding tert-OH is 2. The van der Waals surface area contributed by atoms with E-state index in [0.29, 0.717) is 11.3 Å². The molecule has 1 aromatic rings. The summed E-state index contributed by atoms with van der Waals surface area (Å²) >= 11 is 7.82. The first-order valence-corrected chi connectivity index (χ1v) is 10.7. The van der Waals surface area contributed by atoms with Crippen molar-refractivity contribution < 1.29 is 20.1 Å². The number of carboxylic acid groups (broad SMARTS) is 1. The highest BCUT2D eigenvalue weighted by Crippen LogP contribution is 2.40. The van der Waals surface area contributed by atoms with Crippen LogP contribution in [0.5, 0.6) is 0 Å². The second kappa shape index (κ2) is 11.1. The Morgan fingerprint density at radius 1 is 1.27 bits per heavy atom. The summed E-state index contributed by atoms with van der Waals surface area (Å²) in [5.74, 6) is -0.502. The molecule has 0 amide bonds. The molecule has 4 nitrogen and oxygen atoms in total. The Labute approximate surface area is 164 Å². The van der Waals surface area contributed by atoms with E-state index in [2.05, 4.69) is 12.2 Å². The van der Waals surface area contributed by atoms with E-state index in [4.69, 9.17) is 21.8 Å². The minimum absolute atomic E-state index is 0.00745. The maximum atomic E-state index is 10.9. The van der Waals surface area contributed by atoms with E-state index < -0.39 is 5.97 Å². The Hall–Kier alpha value is -0.880. The number of alkyl halides is 1. The monoisotopic (exact) mass is 400 g/mol. The van der Waals surface area contributed by atoms with Crippen LogP contribution in [0.2, 0.25) is 0 Å². The fourth-order valence-corrected chi connectivity index (χ4v) is 5.04. The van der Waals surface area contributed by atoms with Crippen molar-refractivity contribution in [3.8, 4) is 0 Å². The van der Waals surface area contributed by atoms with Gasteiger partial charge in [-0.3, -0.25) is 0 Å². The highest BCUT2D eigenvalue weighted by molar-refractivity contribution is 7.13. The number of aromatic carboxylic acids is 1. The summed E-state index contributed by atoms with van der Waals surface area (Å²) in [6, 6.07) is 3.55. The zero-order chi connectivity index (χ0) is 18.9. The molecular formula is C20H29ClO4S. The molecule has 0 spiro atoms.